The number of rotatable bonds is 7. The van der Waals surface area contributed by atoms with E-state index in [1.165, 1.54) is 0 Å². The molecule has 2 N–H and O–H groups in total. The van der Waals surface area contributed by atoms with Crippen LogP contribution < -0.4 is 10.6 Å². The Morgan fingerprint density at radius 1 is 1.26 bits per heavy atom. The van der Waals surface area contributed by atoms with Crippen LogP contribution in [-0.4, -0.2) is 47.2 Å². The van der Waals surface area contributed by atoms with Gasteiger partial charge in [-0.2, -0.15) is 5.10 Å². The fourth-order valence-corrected chi connectivity index (χ4v) is 2.72. The zero-order chi connectivity index (χ0) is 19.8. The third-order valence-electron chi connectivity index (χ3n) is 4.01. The highest BCUT2D eigenvalue weighted by molar-refractivity contribution is 9.10. The Labute approximate surface area is 169 Å². The molecule has 0 radical (unpaired) electrons. The number of aryl methyl sites for hydroxylation is 2. The van der Waals surface area contributed by atoms with Gasteiger partial charge >= 0.3 is 0 Å². The molecule has 8 heteroatoms. The molecule has 1 aromatic carbocycles. The Morgan fingerprint density at radius 3 is 2.59 bits per heavy atom. The van der Waals surface area contributed by atoms with Crippen molar-refractivity contribution in [1.82, 2.24) is 25.3 Å². The molecule has 0 fully saturated rings. The molecule has 0 bridgehead atoms. The monoisotopic (exact) mass is 434 g/mol. The molecule has 0 saturated carbocycles. The Bertz CT molecular complexity index is 782. The standard InChI is InChI=1S/C19H27BrN6O/c1-5-17-15(13-26(4)24-17)11-22-19(23-12-18(27)25(2)3)21-10-14-6-8-16(20)9-7-14/h6-9,13H,5,10-12H2,1-4H3,(H2,21,22,23). The molecule has 0 unspecified atom stereocenters. The van der Waals surface area contributed by atoms with Gasteiger partial charge in [0, 0.05) is 43.9 Å². The van der Waals surface area contributed by atoms with Gasteiger partial charge in [0.15, 0.2) is 5.96 Å². The number of hydrogen-bond donors (Lipinski definition) is 2. The van der Waals surface area contributed by atoms with E-state index in [1.54, 1.807) is 19.0 Å². The predicted octanol–water partition coefficient (Wildman–Crippen LogP) is 2.07. The molecule has 0 aliphatic rings. The van der Waals surface area contributed by atoms with E-state index < -0.39 is 0 Å². The summed E-state index contributed by atoms with van der Waals surface area (Å²) in [6.07, 6.45) is 2.87. The predicted molar refractivity (Wildman–Crippen MR) is 111 cm³/mol. The molecule has 0 saturated heterocycles. The summed E-state index contributed by atoms with van der Waals surface area (Å²) in [6.45, 7) is 3.39. The Hall–Kier alpha value is -2.35. The maximum atomic E-state index is 11.9. The number of hydrogen-bond acceptors (Lipinski definition) is 3. The lowest BCUT2D eigenvalue weighted by atomic mass is 10.2. The summed E-state index contributed by atoms with van der Waals surface area (Å²) < 4.78 is 2.85. The van der Waals surface area contributed by atoms with Crippen LogP contribution in [0.4, 0.5) is 0 Å². The quantitative estimate of drug-likeness (QED) is 0.516. The second-order valence-corrected chi connectivity index (χ2v) is 7.33. The number of aliphatic imine (C=N–C) groups is 1. The average Bonchev–Trinajstić information content (AvgIpc) is 3.01. The lowest BCUT2D eigenvalue weighted by Gasteiger charge is -2.15. The van der Waals surface area contributed by atoms with Gasteiger partial charge in [-0.1, -0.05) is 35.0 Å². The Balaban J connectivity index is 2.06. The third-order valence-corrected chi connectivity index (χ3v) is 4.54. The number of benzene rings is 1. The van der Waals surface area contributed by atoms with Crippen molar-refractivity contribution < 1.29 is 4.79 Å². The van der Waals surface area contributed by atoms with Gasteiger partial charge in [0.1, 0.15) is 0 Å². The van der Waals surface area contributed by atoms with Crippen molar-refractivity contribution in [2.75, 3.05) is 20.6 Å². The molecule has 0 aliphatic heterocycles. The summed E-state index contributed by atoms with van der Waals surface area (Å²) in [4.78, 5) is 18.1. The second-order valence-electron chi connectivity index (χ2n) is 6.41. The van der Waals surface area contributed by atoms with Gasteiger partial charge in [-0.25, -0.2) is 4.99 Å². The molecule has 0 aliphatic carbocycles. The number of likely N-dealkylation sites (N-methyl/N-ethyl adjacent to an activating group) is 1. The first-order valence-electron chi connectivity index (χ1n) is 8.87. The molecule has 2 aromatic rings. The van der Waals surface area contributed by atoms with Crippen molar-refractivity contribution >= 4 is 27.8 Å². The number of halogens is 1. The van der Waals surface area contributed by atoms with Crippen LogP contribution in [0, 0.1) is 0 Å². The number of carbonyl (C=O) groups is 1. The molecule has 27 heavy (non-hydrogen) atoms. The highest BCUT2D eigenvalue weighted by Crippen LogP contribution is 2.11. The van der Waals surface area contributed by atoms with E-state index in [4.69, 9.17) is 0 Å². The van der Waals surface area contributed by atoms with Gasteiger partial charge in [-0.05, 0) is 24.1 Å². The van der Waals surface area contributed by atoms with Crippen molar-refractivity contribution in [2.24, 2.45) is 12.0 Å². The van der Waals surface area contributed by atoms with E-state index in [1.807, 2.05) is 42.2 Å². The van der Waals surface area contributed by atoms with Crippen LogP contribution in [0.3, 0.4) is 0 Å². The normalized spacial score (nSPS) is 11.4. The molecular formula is C19H27BrN6O. The number of amides is 1. The van der Waals surface area contributed by atoms with E-state index in [0.29, 0.717) is 19.0 Å². The zero-order valence-corrected chi connectivity index (χ0v) is 17.9. The summed E-state index contributed by atoms with van der Waals surface area (Å²) >= 11 is 3.44. The van der Waals surface area contributed by atoms with Gasteiger partial charge in [0.25, 0.3) is 0 Å². The lowest BCUT2D eigenvalue weighted by molar-refractivity contribution is -0.127. The lowest BCUT2D eigenvalue weighted by Crippen LogP contribution is -2.42. The summed E-state index contributed by atoms with van der Waals surface area (Å²) in [5.41, 5.74) is 3.27. The molecular weight excluding hydrogens is 408 g/mol. The Kier molecular flexibility index (Phi) is 7.84. The zero-order valence-electron chi connectivity index (χ0n) is 16.3. The summed E-state index contributed by atoms with van der Waals surface area (Å²) in [5.74, 6) is 0.586. The van der Waals surface area contributed by atoms with Crippen LogP contribution in [-0.2, 0) is 31.4 Å². The number of nitrogens with zero attached hydrogens (tertiary/aromatic N) is 4. The first kappa shape index (κ1) is 21.0. The molecule has 7 nitrogen and oxygen atoms in total. The van der Waals surface area contributed by atoms with Crippen molar-refractivity contribution in [3.63, 3.8) is 0 Å². The molecule has 1 aromatic heterocycles. The van der Waals surface area contributed by atoms with E-state index in [9.17, 15) is 4.79 Å². The number of aromatic nitrogens is 2. The van der Waals surface area contributed by atoms with Gasteiger partial charge in [-0.3, -0.25) is 9.48 Å². The Morgan fingerprint density at radius 2 is 1.96 bits per heavy atom. The minimum atomic E-state index is -0.0104. The van der Waals surface area contributed by atoms with E-state index in [-0.39, 0.29) is 12.5 Å². The highest BCUT2D eigenvalue weighted by Gasteiger charge is 2.09. The topological polar surface area (TPSA) is 74.5 Å². The van der Waals surface area contributed by atoms with Crippen molar-refractivity contribution in [1.29, 1.82) is 0 Å². The second kappa shape index (κ2) is 10.1. The van der Waals surface area contributed by atoms with Crippen molar-refractivity contribution in [2.45, 2.75) is 26.4 Å². The van der Waals surface area contributed by atoms with Crippen LogP contribution in [0.25, 0.3) is 0 Å². The van der Waals surface area contributed by atoms with E-state index in [0.717, 1.165) is 27.7 Å². The average molecular weight is 435 g/mol. The molecule has 146 valence electrons. The summed E-state index contributed by atoms with van der Waals surface area (Å²) in [6, 6.07) is 8.02. The molecule has 1 amide bonds. The summed E-state index contributed by atoms with van der Waals surface area (Å²) in [5, 5.41) is 10.9. The van der Waals surface area contributed by atoms with E-state index >= 15 is 0 Å². The van der Waals surface area contributed by atoms with Gasteiger partial charge in [0.2, 0.25) is 5.91 Å². The molecule has 0 spiro atoms. The first-order valence-corrected chi connectivity index (χ1v) is 9.66. The van der Waals surface area contributed by atoms with Crippen LogP contribution in [0.1, 0.15) is 23.7 Å². The first-order chi connectivity index (χ1) is 12.9. The number of nitrogens with one attached hydrogen (secondary N) is 2. The smallest absolute Gasteiger partial charge is 0.241 e. The molecule has 0 atom stereocenters. The number of guanidine groups is 1. The van der Waals surface area contributed by atoms with Crippen LogP contribution in [0.5, 0.6) is 0 Å². The third kappa shape index (κ3) is 6.71. The van der Waals surface area contributed by atoms with E-state index in [2.05, 4.69) is 43.6 Å². The maximum absolute atomic E-state index is 11.9. The summed E-state index contributed by atoms with van der Waals surface area (Å²) in [7, 11) is 5.39. The fraction of sp³-hybridized carbons (Fsp3) is 0.421. The number of carbonyl (C=O) groups excluding carboxylic acids is 1. The fourth-order valence-electron chi connectivity index (χ4n) is 2.46. The van der Waals surface area contributed by atoms with Gasteiger partial charge in [-0.15, -0.1) is 0 Å². The maximum Gasteiger partial charge on any atom is 0.241 e. The highest BCUT2D eigenvalue weighted by atomic mass is 79.9. The van der Waals surface area contributed by atoms with Crippen LogP contribution in [0.15, 0.2) is 39.9 Å². The molecule has 1 heterocycles. The SMILES string of the molecule is CCc1nn(C)cc1CNC(=NCc1ccc(Br)cc1)NCC(=O)N(C)C. The minimum Gasteiger partial charge on any atom is -0.352 e. The molecule has 2 rings (SSSR count). The van der Waals surface area contributed by atoms with Crippen molar-refractivity contribution in [3.05, 3.63) is 51.8 Å². The van der Waals surface area contributed by atoms with Crippen molar-refractivity contribution in [3.8, 4) is 0 Å². The largest absolute Gasteiger partial charge is 0.352 e. The van der Waals surface area contributed by atoms with Gasteiger partial charge < -0.3 is 15.5 Å². The van der Waals surface area contributed by atoms with Crippen LogP contribution >= 0.6 is 15.9 Å². The van der Waals surface area contributed by atoms with Gasteiger partial charge in [0.05, 0.1) is 18.8 Å². The van der Waals surface area contributed by atoms with Crippen LogP contribution in [0.2, 0.25) is 0 Å². The minimum absolute atomic E-state index is 0.0104.